The van der Waals surface area contributed by atoms with Crippen LogP contribution < -0.4 is 11.1 Å². The molecule has 0 aromatic rings. The molecular formula is C8H17N3O. The van der Waals surface area contributed by atoms with Crippen LogP contribution in [0.5, 0.6) is 0 Å². The highest BCUT2D eigenvalue weighted by Gasteiger charge is 2.32. The molecule has 0 spiro atoms. The van der Waals surface area contributed by atoms with Crippen LogP contribution in [0, 0.1) is 0 Å². The van der Waals surface area contributed by atoms with Gasteiger partial charge < -0.3 is 16.0 Å². The zero-order chi connectivity index (χ0) is 9.19. The fraction of sp³-hybridized carbons (Fsp3) is 0.875. The first-order chi connectivity index (χ1) is 5.53. The summed E-state index contributed by atoms with van der Waals surface area (Å²) in [5.41, 5.74) is 5.80. The van der Waals surface area contributed by atoms with E-state index in [0.717, 1.165) is 12.8 Å². The van der Waals surface area contributed by atoms with Gasteiger partial charge in [0.05, 0.1) is 0 Å². The van der Waals surface area contributed by atoms with Crippen molar-refractivity contribution in [2.24, 2.45) is 5.73 Å². The third-order valence-electron chi connectivity index (χ3n) is 2.35. The topological polar surface area (TPSA) is 58.4 Å². The molecule has 1 saturated carbocycles. The molecule has 0 unspecified atom stereocenters. The molecule has 3 N–H and O–H groups in total. The number of carbonyl (C=O) groups is 1. The van der Waals surface area contributed by atoms with Gasteiger partial charge in [-0.05, 0) is 19.3 Å². The number of urea groups is 1. The number of amides is 2. The standard InChI is InChI=1S/C8H17N3O/c1-11(2)7(12)10-6-8(9)4-3-5-8/h3-6,9H2,1-2H3,(H,10,12). The summed E-state index contributed by atoms with van der Waals surface area (Å²) in [6.07, 6.45) is 3.25. The van der Waals surface area contributed by atoms with Gasteiger partial charge in [0.15, 0.2) is 0 Å². The van der Waals surface area contributed by atoms with Crippen molar-refractivity contribution < 1.29 is 4.79 Å². The molecule has 2 amide bonds. The van der Waals surface area contributed by atoms with Gasteiger partial charge in [-0.2, -0.15) is 0 Å². The first-order valence-electron chi connectivity index (χ1n) is 4.28. The molecule has 0 aliphatic heterocycles. The summed E-state index contributed by atoms with van der Waals surface area (Å²) in [6, 6.07) is -0.0632. The minimum Gasteiger partial charge on any atom is -0.336 e. The summed E-state index contributed by atoms with van der Waals surface area (Å²) in [5.74, 6) is 0. The van der Waals surface area contributed by atoms with Crippen LogP contribution in [0.2, 0.25) is 0 Å². The van der Waals surface area contributed by atoms with Crippen LogP contribution in [-0.2, 0) is 0 Å². The highest BCUT2D eigenvalue weighted by Crippen LogP contribution is 2.27. The Labute approximate surface area is 73.1 Å². The van der Waals surface area contributed by atoms with Crippen molar-refractivity contribution in [3.05, 3.63) is 0 Å². The van der Waals surface area contributed by atoms with Crippen molar-refractivity contribution in [1.29, 1.82) is 0 Å². The van der Waals surface area contributed by atoms with Gasteiger partial charge in [-0.3, -0.25) is 0 Å². The SMILES string of the molecule is CN(C)C(=O)NCC1(N)CCC1. The molecule has 0 heterocycles. The van der Waals surface area contributed by atoms with E-state index >= 15 is 0 Å². The molecule has 0 atom stereocenters. The number of rotatable bonds is 2. The third kappa shape index (κ3) is 2.11. The predicted molar refractivity (Wildman–Crippen MR) is 47.9 cm³/mol. The van der Waals surface area contributed by atoms with Gasteiger partial charge in [0.25, 0.3) is 0 Å². The lowest BCUT2D eigenvalue weighted by molar-refractivity contribution is 0.200. The lowest BCUT2D eigenvalue weighted by atomic mass is 9.78. The number of hydrogen-bond acceptors (Lipinski definition) is 2. The Morgan fingerprint density at radius 3 is 2.50 bits per heavy atom. The Morgan fingerprint density at radius 2 is 2.17 bits per heavy atom. The third-order valence-corrected chi connectivity index (χ3v) is 2.35. The summed E-state index contributed by atoms with van der Waals surface area (Å²) >= 11 is 0. The smallest absolute Gasteiger partial charge is 0.316 e. The van der Waals surface area contributed by atoms with Crippen molar-refractivity contribution >= 4 is 6.03 Å². The summed E-state index contributed by atoms with van der Waals surface area (Å²) in [7, 11) is 3.44. The summed E-state index contributed by atoms with van der Waals surface area (Å²) in [5, 5.41) is 2.79. The quantitative estimate of drug-likeness (QED) is 0.621. The molecule has 4 nitrogen and oxygen atoms in total. The number of nitrogens with one attached hydrogen (secondary N) is 1. The van der Waals surface area contributed by atoms with Crippen molar-refractivity contribution in [3.63, 3.8) is 0 Å². The highest BCUT2D eigenvalue weighted by atomic mass is 16.2. The lowest BCUT2D eigenvalue weighted by Crippen LogP contribution is -2.56. The van der Waals surface area contributed by atoms with Crippen LogP contribution in [0.25, 0.3) is 0 Å². The maximum Gasteiger partial charge on any atom is 0.316 e. The van der Waals surface area contributed by atoms with Gasteiger partial charge in [0.1, 0.15) is 0 Å². The molecule has 1 fully saturated rings. The maximum absolute atomic E-state index is 11.1. The molecule has 0 radical (unpaired) electrons. The molecule has 12 heavy (non-hydrogen) atoms. The molecule has 0 aromatic heterocycles. The van der Waals surface area contributed by atoms with E-state index < -0.39 is 0 Å². The van der Waals surface area contributed by atoms with Crippen molar-refractivity contribution in [2.45, 2.75) is 24.8 Å². The van der Waals surface area contributed by atoms with E-state index in [9.17, 15) is 4.79 Å². The molecule has 1 rings (SSSR count). The van der Waals surface area contributed by atoms with Gasteiger partial charge in [-0.25, -0.2) is 4.79 Å². The molecule has 70 valence electrons. The minimum absolute atomic E-state index is 0.0632. The van der Waals surface area contributed by atoms with Gasteiger partial charge in [-0.15, -0.1) is 0 Å². The maximum atomic E-state index is 11.1. The van der Waals surface area contributed by atoms with Crippen LogP contribution >= 0.6 is 0 Å². The molecule has 1 aliphatic rings. The Bertz CT molecular complexity index is 175. The average Bonchev–Trinajstić information content (AvgIpc) is 1.96. The van der Waals surface area contributed by atoms with E-state index in [1.54, 1.807) is 14.1 Å². The summed E-state index contributed by atoms with van der Waals surface area (Å²) in [4.78, 5) is 12.6. The fourth-order valence-electron chi connectivity index (χ4n) is 1.22. The zero-order valence-electron chi connectivity index (χ0n) is 7.76. The largest absolute Gasteiger partial charge is 0.336 e. The minimum atomic E-state index is -0.119. The number of hydrogen-bond donors (Lipinski definition) is 2. The average molecular weight is 171 g/mol. The van der Waals surface area contributed by atoms with E-state index in [1.165, 1.54) is 11.3 Å². The molecule has 0 aromatic carbocycles. The van der Waals surface area contributed by atoms with Crippen LogP contribution in [-0.4, -0.2) is 37.1 Å². The van der Waals surface area contributed by atoms with Crippen LogP contribution in [0.3, 0.4) is 0 Å². The monoisotopic (exact) mass is 171 g/mol. The van der Waals surface area contributed by atoms with E-state index in [4.69, 9.17) is 5.73 Å². The van der Waals surface area contributed by atoms with Gasteiger partial charge in [0.2, 0.25) is 0 Å². The van der Waals surface area contributed by atoms with Gasteiger partial charge in [-0.1, -0.05) is 0 Å². The van der Waals surface area contributed by atoms with E-state index in [2.05, 4.69) is 5.32 Å². The van der Waals surface area contributed by atoms with E-state index in [0.29, 0.717) is 6.54 Å². The lowest BCUT2D eigenvalue weighted by Gasteiger charge is -2.38. The number of nitrogens with two attached hydrogens (primary N) is 1. The van der Waals surface area contributed by atoms with Gasteiger partial charge >= 0.3 is 6.03 Å². The first kappa shape index (κ1) is 9.32. The second kappa shape index (κ2) is 3.31. The Kier molecular flexibility index (Phi) is 2.57. The summed E-state index contributed by atoms with van der Waals surface area (Å²) in [6.45, 7) is 0.601. The van der Waals surface area contributed by atoms with Crippen LogP contribution in [0.1, 0.15) is 19.3 Å². The molecule has 0 saturated heterocycles. The molecule has 0 bridgehead atoms. The predicted octanol–water partition coefficient (Wildman–Crippen LogP) is 0.139. The second-order valence-corrected chi connectivity index (χ2v) is 3.77. The van der Waals surface area contributed by atoms with Gasteiger partial charge in [0, 0.05) is 26.2 Å². The van der Waals surface area contributed by atoms with E-state index in [-0.39, 0.29) is 11.6 Å². The van der Waals surface area contributed by atoms with E-state index in [1.807, 2.05) is 0 Å². The van der Waals surface area contributed by atoms with Crippen LogP contribution in [0.15, 0.2) is 0 Å². The number of nitrogens with zero attached hydrogens (tertiary/aromatic N) is 1. The Hall–Kier alpha value is -0.770. The zero-order valence-corrected chi connectivity index (χ0v) is 7.76. The summed E-state index contributed by atoms with van der Waals surface area (Å²) < 4.78 is 0. The molecule has 1 aliphatic carbocycles. The molecular weight excluding hydrogens is 154 g/mol. The first-order valence-corrected chi connectivity index (χ1v) is 4.28. The van der Waals surface area contributed by atoms with Crippen LogP contribution in [0.4, 0.5) is 4.79 Å². The highest BCUT2D eigenvalue weighted by molar-refractivity contribution is 5.73. The Morgan fingerprint density at radius 1 is 1.58 bits per heavy atom. The fourth-order valence-corrected chi connectivity index (χ4v) is 1.22. The van der Waals surface area contributed by atoms with Crippen molar-refractivity contribution in [1.82, 2.24) is 10.2 Å². The van der Waals surface area contributed by atoms with Crippen molar-refractivity contribution in [2.75, 3.05) is 20.6 Å². The Balaban J connectivity index is 2.21. The number of carbonyl (C=O) groups excluding carboxylic acids is 1. The van der Waals surface area contributed by atoms with Crippen molar-refractivity contribution in [3.8, 4) is 0 Å². The molecule has 4 heteroatoms. The normalized spacial score (nSPS) is 19.6. The second-order valence-electron chi connectivity index (χ2n) is 3.77.